The molecule has 0 atom stereocenters. The van der Waals surface area contributed by atoms with Crippen LogP contribution in [0.2, 0.25) is 0 Å². The second-order valence-electron chi connectivity index (χ2n) is 6.06. The maximum atomic E-state index is 12.3. The smallest absolute Gasteiger partial charge is 0.240 e. The fourth-order valence-electron chi connectivity index (χ4n) is 3.00. The Morgan fingerprint density at radius 2 is 1.96 bits per heavy atom. The van der Waals surface area contributed by atoms with Crippen molar-refractivity contribution in [3.05, 3.63) is 66.5 Å². The maximum absolute atomic E-state index is 12.3. The number of carbonyl (C=O) groups is 1. The predicted molar refractivity (Wildman–Crippen MR) is 105 cm³/mol. The molecule has 1 heterocycles. The van der Waals surface area contributed by atoms with E-state index in [1.807, 2.05) is 47.0 Å². The standard InChI is InChI=1S/C21H23N3O3/c1-4-11-22-21(25)14-24-17-8-6-5-7-16(17)23-20(24)13-15-9-10-18(26-2)19(12-15)27-3/h4-10,12H,1,11,13-14H2,2-3H3,(H,22,25). The Hall–Kier alpha value is -3.28. The van der Waals surface area contributed by atoms with Crippen molar-refractivity contribution in [3.8, 4) is 11.5 Å². The summed E-state index contributed by atoms with van der Waals surface area (Å²) in [5.74, 6) is 2.09. The normalized spacial score (nSPS) is 10.6. The summed E-state index contributed by atoms with van der Waals surface area (Å²) >= 11 is 0. The molecular formula is C21H23N3O3. The van der Waals surface area contributed by atoms with E-state index in [4.69, 9.17) is 14.5 Å². The number of nitrogens with zero attached hydrogens (tertiary/aromatic N) is 2. The van der Waals surface area contributed by atoms with Gasteiger partial charge in [-0.2, -0.15) is 0 Å². The lowest BCUT2D eigenvalue weighted by molar-refractivity contribution is -0.121. The molecule has 0 bridgehead atoms. The number of hydrogen-bond donors (Lipinski definition) is 1. The minimum atomic E-state index is -0.0772. The first-order valence-corrected chi connectivity index (χ1v) is 8.69. The molecule has 0 fully saturated rings. The number of carbonyl (C=O) groups excluding carboxylic acids is 1. The second-order valence-corrected chi connectivity index (χ2v) is 6.06. The van der Waals surface area contributed by atoms with E-state index in [2.05, 4.69) is 11.9 Å². The predicted octanol–water partition coefficient (Wildman–Crippen LogP) is 2.95. The van der Waals surface area contributed by atoms with Crippen molar-refractivity contribution in [3.63, 3.8) is 0 Å². The van der Waals surface area contributed by atoms with Crippen molar-refractivity contribution in [2.75, 3.05) is 20.8 Å². The zero-order chi connectivity index (χ0) is 19.2. The topological polar surface area (TPSA) is 65.4 Å². The molecule has 6 nitrogen and oxygen atoms in total. The van der Waals surface area contributed by atoms with E-state index in [9.17, 15) is 4.79 Å². The molecule has 0 aliphatic carbocycles. The largest absolute Gasteiger partial charge is 0.493 e. The van der Waals surface area contributed by atoms with Gasteiger partial charge in [0.25, 0.3) is 0 Å². The highest BCUT2D eigenvalue weighted by Gasteiger charge is 2.15. The molecule has 0 aliphatic rings. The van der Waals surface area contributed by atoms with Crippen molar-refractivity contribution in [1.29, 1.82) is 0 Å². The summed E-state index contributed by atoms with van der Waals surface area (Å²) in [6.07, 6.45) is 2.23. The van der Waals surface area contributed by atoms with Gasteiger partial charge in [-0.05, 0) is 29.8 Å². The fourth-order valence-corrected chi connectivity index (χ4v) is 3.00. The van der Waals surface area contributed by atoms with Crippen molar-refractivity contribution in [1.82, 2.24) is 14.9 Å². The minimum absolute atomic E-state index is 0.0772. The molecule has 0 saturated heterocycles. The number of aromatic nitrogens is 2. The molecule has 6 heteroatoms. The molecule has 0 unspecified atom stereocenters. The molecule has 1 amide bonds. The van der Waals surface area contributed by atoms with Crippen molar-refractivity contribution >= 4 is 16.9 Å². The third kappa shape index (κ3) is 4.11. The fraction of sp³-hybridized carbons (Fsp3) is 0.238. The van der Waals surface area contributed by atoms with Crippen LogP contribution in [0.15, 0.2) is 55.1 Å². The molecule has 3 aromatic rings. The lowest BCUT2D eigenvalue weighted by Gasteiger charge is -2.11. The summed E-state index contributed by atoms with van der Waals surface area (Å²) in [4.78, 5) is 17.0. The van der Waals surface area contributed by atoms with Crippen LogP contribution in [0.3, 0.4) is 0 Å². The number of hydrogen-bond acceptors (Lipinski definition) is 4. The van der Waals surface area contributed by atoms with Gasteiger partial charge >= 0.3 is 0 Å². The van der Waals surface area contributed by atoms with Gasteiger partial charge in [-0.3, -0.25) is 4.79 Å². The number of rotatable bonds is 8. The van der Waals surface area contributed by atoms with Crippen LogP contribution in [0.4, 0.5) is 0 Å². The lowest BCUT2D eigenvalue weighted by Crippen LogP contribution is -2.28. The summed E-state index contributed by atoms with van der Waals surface area (Å²) < 4.78 is 12.6. The average molecular weight is 365 g/mol. The van der Waals surface area contributed by atoms with E-state index in [1.165, 1.54) is 0 Å². The number of ether oxygens (including phenoxy) is 2. The van der Waals surface area contributed by atoms with Gasteiger partial charge in [0.05, 0.1) is 25.3 Å². The lowest BCUT2D eigenvalue weighted by atomic mass is 10.1. The van der Waals surface area contributed by atoms with E-state index in [0.717, 1.165) is 22.4 Å². The van der Waals surface area contributed by atoms with E-state index in [-0.39, 0.29) is 12.5 Å². The quantitative estimate of drug-likeness (QED) is 0.624. The van der Waals surface area contributed by atoms with Crippen molar-refractivity contribution in [2.45, 2.75) is 13.0 Å². The number of benzene rings is 2. The van der Waals surface area contributed by atoms with Crippen LogP contribution in [-0.4, -0.2) is 36.2 Å². The van der Waals surface area contributed by atoms with Crippen LogP contribution < -0.4 is 14.8 Å². The summed E-state index contributed by atoms with van der Waals surface area (Å²) in [7, 11) is 3.22. The van der Waals surface area contributed by atoms with Gasteiger partial charge in [-0.1, -0.05) is 24.3 Å². The third-order valence-electron chi connectivity index (χ3n) is 4.29. The molecule has 0 aliphatic heterocycles. The van der Waals surface area contributed by atoms with E-state index < -0.39 is 0 Å². The van der Waals surface area contributed by atoms with Crippen LogP contribution in [0.1, 0.15) is 11.4 Å². The number of nitrogens with one attached hydrogen (secondary N) is 1. The SMILES string of the molecule is C=CCNC(=O)Cn1c(Cc2ccc(OC)c(OC)c2)nc2ccccc21. The molecule has 1 aromatic heterocycles. The third-order valence-corrected chi connectivity index (χ3v) is 4.29. The Morgan fingerprint density at radius 1 is 1.19 bits per heavy atom. The highest BCUT2D eigenvalue weighted by Crippen LogP contribution is 2.29. The Morgan fingerprint density at radius 3 is 2.70 bits per heavy atom. The van der Waals surface area contributed by atoms with Gasteiger partial charge in [0.2, 0.25) is 5.91 Å². The van der Waals surface area contributed by atoms with Gasteiger partial charge < -0.3 is 19.4 Å². The Balaban J connectivity index is 1.95. The molecular weight excluding hydrogens is 342 g/mol. The summed E-state index contributed by atoms with van der Waals surface area (Å²) in [5, 5.41) is 2.82. The average Bonchev–Trinajstić information content (AvgIpc) is 3.03. The van der Waals surface area contributed by atoms with E-state index >= 15 is 0 Å². The molecule has 2 aromatic carbocycles. The number of para-hydroxylation sites is 2. The zero-order valence-corrected chi connectivity index (χ0v) is 15.6. The second kappa shape index (κ2) is 8.40. The molecule has 140 valence electrons. The first-order valence-electron chi connectivity index (χ1n) is 8.69. The molecule has 0 spiro atoms. The summed E-state index contributed by atoms with van der Waals surface area (Å²) in [6, 6.07) is 13.6. The number of imidazole rings is 1. The number of methoxy groups -OCH3 is 2. The van der Waals surface area contributed by atoms with Crippen molar-refractivity contribution in [2.24, 2.45) is 0 Å². The molecule has 0 saturated carbocycles. The minimum Gasteiger partial charge on any atom is -0.493 e. The summed E-state index contributed by atoms with van der Waals surface area (Å²) in [5.41, 5.74) is 2.82. The summed E-state index contributed by atoms with van der Waals surface area (Å²) in [6.45, 7) is 4.27. The first-order chi connectivity index (χ1) is 13.2. The molecule has 1 N–H and O–H groups in total. The maximum Gasteiger partial charge on any atom is 0.240 e. The van der Waals surface area contributed by atoms with Gasteiger partial charge in [0.1, 0.15) is 12.4 Å². The van der Waals surface area contributed by atoms with Crippen LogP contribution in [0.5, 0.6) is 11.5 Å². The van der Waals surface area contributed by atoms with Crippen LogP contribution in [-0.2, 0) is 17.8 Å². The Labute approximate surface area is 158 Å². The van der Waals surface area contributed by atoms with Crippen LogP contribution >= 0.6 is 0 Å². The van der Waals surface area contributed by atoms with E-state index in [1.54, 1.807) is 20.3 Å². The van der Waals surface area contributed by atoms with Gasteiger partial charge in [0, 0.05) is 13.0 Å². The molecule has 0 radical (unpaired) electrons. The Bertz CT molecular complexity index is 962. The molecule has 3 rings (SSSR count). The van der Waals surface area contributed by atoms with E-state index in [0.29, 0.717) is 24.5 Å². The zero-order valence-electron chi connectivity index (χ0n) is 15.6. The Kier molecular flexibility index (Phi) is 5.76. The number of fused-ring (bicyclic) bond motifs is 1. The first kappa shape index (κ1) is 18.5. The van der Waals surface area contributed by atoms with Gasteiger partial charge in [0.15, 0.2) is 11.5 Å². The monoisotopic (exact) mass is 365 g/mol. The van der Waals surface area contributed by atoms with Crippen LogP contribution in [0, 0.1) is 0 Å². The van der Waals surface area contributed by atoms with Crippen molar-refractivity contribution < 1.29 is 14.3 Å². The van der Waals surface area contributed by atoms with Gasteiger partial charge in [-0.25, -0.2) is 4.98 Å². The number of amides is 1. The molecule has 27 heavy (non-hydrogen) atoms. The highest BCUT2D eigenvalue weighted by atomic mass is 16.5. The van der Waals surface area contributed by atoms with Crippen LogP contribution in [0.25, 0.3) is 11.0 Å². The van der Waals surface area contributed by atoms with Gasteiger partial charge in [-0.15, -0.1) is 6.58 Å². The highest BCUT2D eigenvalue weighted by molar-refractivity contribution is 5.81.